The molecule has 1 aromatic carbocycles. The second-order valence-electron chi connectivity index (χ2n) is 5.07. The summed E-state index contributed by atoms with van der Waals surface area (Å²) < 4.78 is 0. The zero-order valence-electron chi connectivity index (χ0n) is 11.2. The van der Waals surface area contributed by atoms with Crippen molar-refractivity contribution < 1.29 is 0 Å². The number of anilines is 1. The fourth-order valence-electron chi connectivity index (χ4n) is 2.44. The highest BCUT2D eigenvalue weighted by Crippen LogP contribution is 2.24. The number of likely N-dealkylation sites (tertiary alicyclic amines) is 1. The molecule has 1 heterocycles. The minimum absolute atomic E-state index is 0.375. The van der Waals surface area contributed by atoms with E-state index in [4.69, 9.17) is 29.6 Å². The molecule has 0 amide bonds. The second kappa shape index (κ2) is 6.55. The van der Waals surface area contributed by atoms with Gasteiger partial charge in [-0.15, -0.1) is 0 Å². The molecule has 1 aromatic rings. The van der Waals surface area contributed by atoms with E-state index in [1.807, 2.05) is 18.2 Å². The minimum atomic E-state index is 0.375. The van der Waals surface area contributed by atoms with Crippen LogP contribution in [0.1, 0.15) is 24.8 Å². The van der Waals surface area contributed by atoms with Crippen LogP contribution in [-0.2, 0) is 0 Å². The molecule has 0 radical (unpaired) electrons. The highest BCUT2D eigenvalue weighted by molar-refractivity contribution is 7.80. The molecule has 19 heavy (non-hydrogen) atoms. The predicted octanol–water partition coefficient (Wildman–Crippen LogP) is 2.87. The predicted molar refractivity (Wildman–Crippen MR) is 86.1 cm³/mol. The van der Waals surface area contributed by atoms with Gasteiger partial charge < -0.3 is 16.0 Å². The zero-order valence-corrected chi connectivity index (χ0v) is 12.7. The number of benzene rings is 1. The molecule has 1 atom stereocenters. The van der Waals surface area contributed by atoms with E-state index >= 15 is 0 Å². The average molecular weight is 298 g/mol. The van der Waals surface area contributed by atoms with Crippen molar-refractivity contribution in [2.24, 2.45) is 5.73 Å². The molecule has 0 aromatic heterocycles. The van der Waals surface area contributed by atoms with Gasteiger partial charge in [0.15, 0.2) is 0 Å². The van der Waals surface area contributed by atoms with E-state index < -0.39 is 0 Å². The van der Waals surface area contributed by atoms with Crippen LogP contribution in [0.2, 0.25) is 5.02 Å². The fraction of sp³-hybridized carbons (Fsp3) is 0.500. The Balaban J connectivity index is 1.97. The highest BCUT2D eigenvalue weighted by Gasteiger charge is 2.18. The summed E-state index contributed by atoms with van der Waals surface area (Å²) in [6, 6.07) is 6.25. The van der Waals surface area contributed by atoms with Gasteiger partial charge in [-0.05, 0) is 44.6 Å². The molecule has 1 fully saturated rings. The molecule has 0 spiro atoms. The molecular weight excluding hydrogens is 278 g/mol. The summed E-state index contributed by atoms with van der Waals surface area (Å²) in [6.45, 7) is 2.10. The number of nitrogens with two attached hydrogens (primary N) is 1. The maximum Gasteiger partial charge on any atom is 0.104 e. The number of piperidine rings is 1. The number of hydrogen-bond acceptors (Lipinski definition) is 3. The molecule has 2 rings (SSSR count). The topological polar surface area (TPSA) is 41.3 Å². The van der Waals surface area contributed by atoms with Gasteiger partial charge in [0, 0.05) is 18.2 Å². The van der Waals surface area contributed by atoms with E-state index in [9.17, 15) is 0 Å². The van der Waals surface area contributed by atoms with Gasteiger partial charge in [-0.1, -0.05) is 30.2 Å². The lowest BCUT2D eigenvalue weighted by Gasteiger charge is -2.32. The van der Waals surface area contributed by atoms with Crippen molar-refractivity contribution in [1.29, 1.82) is 0 Å². The molecule has 3 N–H and O–H groups in total. The first kappa shape index (κ1) is 14.6. The van der Waals surface area contributed by atoms with Crippen LogP contribution in [-0.4, -0.2) is 36.1 Å². The number of hydrogen-bond donors (Lipinski definition) is 2. The Kier molecular flexibility index (Phi) is 5.02. The van der Waals surface area contributed by atoms with Crippen molar-refractivity contribution >= 4 is 34.5 Å². The molecule has 5 heteroatoms. The smallest absolute Gasteiger partial charge is 0.104 e. The first-order valence-electron chi connectivity index (χ1n) is 6.61. The monoisotopic (exact) mass is 297 g/mol. The molecular formula is C14H20ClN3S. The van der Waals surface area contributed by atoms with E-state index in [0.29, 0.717) is 16.1 Å². The first-order chi connectivity index (χ1) is 9.08. The van der Waals surface area contributed by atoms with Crippen LogP contribution in [0.4, 0.5) is 5.69 Å². The summed E-state index contributed by atoms with van der Waals surface area (Å²) in [5.74, 6) is 0. The number of nitrogens with zero attached hydrogens (tertiary/aromatic N) is 1. The lowest BCUT2D eigenvalue weighted by Crippen LogP contribution is -2.40. The summed E-state index contributed by atoms with van der Waals surface area (Å²) in [6.07, 6.45) is 3.85. The van der Waals surface area contributed by atoms with E-state index in [1.54, 1.807) is 0 Å². The second-order valence-corrected chi connectivity index (χ2v) is 5.92. The normalized spacial score (nSPS) is 20.2. The maximum absolute atomic E-state index is 6.24. The van der Waals surface area contributed by atoms with Crippen molar-refractivity contribution in [2.45, 2.75) is 25.3 Å². The lowest BCUT2D eigenvalue weighted by atomic mass is 10.0. The van der Waals surface area contributed by atoms with Crippen molar-refractivity contribution in [3.63, 3.8) is 0 Å². The van der Waals surface area contributed by atoms with Crippen LogP contribution in [0.5, 0.6) is 0 Å². The number of nitrogens with one attached hydrogen (secondary N) is 1. The van der Waals surface area contributed by atoms with Gasteiger partial charge in [-0.25, -0.2) is 0 Å². The quantitative estimate of drug-likeness (QED) is 0.839. The Morgan fingerprint density at radius 2 is 2.32 bits per heavy atom. The van der Waals surface area contributed by atoms with Crippen LogP contribution in [0, 0.1) is 0 Å². The third-order valence-corrected chi connectivity index (χ3v) is 4.25. The van der Waals surface area contributed by atoms with Crippen molar-refractivity contribution in [2.75, 3.05) is 25.5 Å². The van der Waals surface area contributed by atoms with Gasteiger partial charge in [-0.3, -0.25) is 0 Å². The average Bonchev–Trinajstić information content (AvgIpc) is 2.39. The van der Waals surface area contributed by atoms with Crippen LogP contribution in [0.15, 0.2) is 18.2 Å². The van der Waals surface area contributed by atoms with Crippen molar-refractivity contribution in [1.82, 2.24) is 4.90 Å². The summed E-state index contributed by atoms with van der Waals surface area (Å²) >= 11 is 11.2. The van der Waals surface area contributed by atoms with Gasteiger partial charge in [0.2, 0.25) is 0 Å². The standard InChI is InChI=1S/C14H20ClN3S/c1-18-7-3-2-4-11(18)9-17-13-6-5-10(14(16)19)8-12(13)15/h5-6,8,11,17H,2-4,7,9H2,1H3,(H2,16,19). The number of halogens is 1. The Labute approximate surface area is 125 Å². The van der Waals surface area contributed by atoms with E-state index in [-0.39, 0.29) is 0 Å². The van der Waals surface area contributed by atoms with E-state index in [1.165, 1.54) is 25.8 Å². The Morgan fingerprint density at radius 3 is 2.95 bits per heavy atom. The largest absolute Gasteiger partial charge is 0.389 e. The highest BCUT2D eigenvalue weighted by atomic mass is 35.5. The van der Waals surface area contributed by atoms with Crippen LogP contribution >= 0.6 is 23.8 Å². The summed E-state index contributed by atoms with van der Waals surface area (Å²) in [5, 5.41) is 4.09. The molecule has 0 saturated carbocycles. The summed E-state index contributed by atoms with van der Waals surface area (Å²) in [4.78, 5) is 2.79. The van der Waals surface area contributed by atoms with E-state index in [2.05, 4.69) is 17.3 Å². The molecule has 1 aliphatic rings. The van der Waals surface area contributed by atoms with Gasteiger partial charge in [0.25, 0.3) is 0 Å². The molecule has 0 aliphatic carbocycles. The van der Waals surface area contributed by atoms with Gasteiger partial charge in [0.1, 0.15) is 4.99 Å². The van der Waals surface area contributed by atoms with Crippen molar-refractivity contribution in [3.8, 4) is 0 Å². The fourth-order valence-corrected chi connectivity index (χ4v) is 2.82. The van der Waals surface area contributed by atoms with Gasteiger partial charge in [0.05, 0.1) is 10.7 Å². The number of likely N-dealkylation sites (N-methyl/N-ethyl adjacent to an activating group) is 1. The minimum Gasteiger partial charge on any atom is -0.389 e. The van der Waals surface area contributed by atoms with Crippen LogP contribution in [0.25, 0.3) is 0 Å². The van der Waals surface area contributed by atoms with E-state index in [0.717, 1.165) is 17.8 Å². The Morgan fingerprint density at radius 1 is 1.53 bits per heavy atom. The molecule has 0 bridgehead atoms. The van der Waals surface area contributed by atoms with Gasteiger partial charge in [-0.2, -0.15) is 0 Å². The maximum atomic E-state index is 6.24. The molecule has 1 aliphatic heterocycles. The SMILES string of the molecule is CN1CCCCC1CNc1ccc(C(N)=S)cc1Cl. The summed E-state index contributed by atoms with van der Waals surface area (Å²) in [5.41, 5.74) is 7.34. The zero-order chi connectivity index (χ0) is 13.8. The number of thiocarbonyl (C=S) groups is 1. The lowest BCUT2D eigenvalue weighted by molar-refractivity contribution is 0.194. The van der Waals surface area contributed by atoms with Crippen LogP contribution < -0.4 is 11.1 Å². The molecule has 1 unspecified atom stereocenters. The van der Waals surface area contributed by atoms with Gasteiger partial charge >= 0.3 is 0 Å². The number of rotatable bonds is 4. The first-order valence-corrected chi connectivity index (χ1v) is 7.40. The van der Waals surface area contributed by atoms with Crippen LogP contribution in [0.3, 0.4) is 0 Å². The Bertz CT molecular complexity index is 464. The summed E-state index contributed by atoms with van der Waals surface area (Å²) in [7, 11) is 2.18. The molecule has 3 nitrogen and oxygen atoms in total. The Hall–Kier alpha value is -0.840. The molecule has 1 saturated heterocycles. The molecule has 104 valence electrons. The third kappa shape index (κ3) is 3.81. The van der Waals surface area contributed by atoms with Crippen molar-refractivity contribution in [3.05, 3.63) is 28.8 Å². The third-order valence-electron chi connectivity index (χ3n) is 3.70.